The molecule has 2 N–H and O–H groups in total. The van der Waals surface area contributed by atoms with Crippen molar-refractivity contribution in [2.75, 3.05) is 18.2 Å². The summed E-state index contributed by atoms with van der Waals surface area (Å²) in [6, 6.07) is 4.78. The van der Waals surface area contributed by atoms with E-state index in [4.69, 9.17) is 0 Å². The Bertz CT molecular complexity index is 963. The topological polar surface area (TPSA) is 140 Å². The lowest BCUT2D eigenvalue weighted by molar-refractivity contribution is -0.111. The highest BCUT2D eigenvalue weighted by Gasteiger charge is 2.48. The number of benzene rings is 1. The molecule has 148 valence electrons. The maximum absolute atomic E-state index is 13.2. The van der Waals surface area contributed by atoms with E-state index in [2.05, 4.69) is 15.4 Å². The van der Waals surface area contributed by atoms with Crippen molar-refractivity contribution in [1.29, 1.82) is 0 Å². The Labute approximate surface area is 160 Å². The summed E-state index contributed by atoms with van der Waals surface area (Å²) in [7, 11) is -3.78. The third kappa shape index (κ3) is 3.04. The zero-order valence-electron chi connectivity index (χ0n) is 14.7. The molecular weight excluding hydrogens is 388 g/mol. The highest BCUT2D eigenvalue weighted by molar-refractivity contribution is 7.89. The number of nitrogens with zero attached hydrogens (tertiary/aromatic N) is 5. The van der Waals surface area contributed by atoms with E-state index in [-0.39, 0.29) is 53.8 Å². The van der Waals surface area contributed by atoms with Crippen LogP contribution in [-0.4, -0.2) is 75.7 Å². The minimum atomic E-state index is -3.78. The van der Waals surface area contributed by atoms with Crippen LogP contribution in [0.4, 0.5) is 5.69 Å². The molecule has 0 spiro atoms. The Morgan fingerprint density at radius 3 is 2.39 bits per heavy atom. The first kappa shape index (κ1) is 18.5. The monoisotopic (exact) mass is 406 g/mol. The van der Waals surface area contributed by atoms with Crippen molar-refractivity contribution in [3.05, 3.63) is 36.2 Å². The maximum atomic E-state index is 13.2. The van der Waals surface area contributed by atoms with Gasteiger partial charge < -0.3 is 4.90 Å². The predicted molar refractivity (Wildman–Crippen MR) is 94.9 cm³/mol. The zero-order valence-corrected chi connectivity index (χ0v) is 15.5. The molecule has 3 heterocycles. The highest BCUT2D eigenvalue weighted by atomic mass is 32.2. The number of nitrogens with one attached hydrogen (secondary N) is 1. The molecule has 2 aliphatic heterocycles. The molecule has 0 radical (unpaired) electrons. The van der Waals surface area contributed by atoms with Gasteiger partial charge in [-0.05, 0) is 37.1 Å². The second kappa shape index (κ2) is 6.96. The molecule has 2 aromatic rings. The Balaban J connectivity index is 1.55. The fourth-order valence-electron chi connectivity index (χ4n) is 3.84. The molecule has 2 bridgehead atoms. The number of aromatic nitrogens is 3. The number of carbonyl (C=O) groups excluding carboxylic acids is 2. The molecule has 28 heavy (non-hydrogen) atoms. The number of anilines is 1. The van der Waals surface area contributed by atoms with Crippen molar-refractivity contribution >= 4 is 28.0 Å². The first-order valence-corrected chi connectivity index (χ1v) is 10.1. The summed E-state index contributed by atoms with van der Waals surface area (Å²) in [4.78, 5) is 24.8. The Morgan fingerprint density at radius 1 is 1.21 bits per heavy atom. The highest BCUT2D eigenvalue weighted by Crippen LogP contribution is 2.36. The SMILES string of the molecule is O=CN(O)c1ccc(S(=O)(=O)N2C3CCC2CN(C(=O)c2cn[nH]n2)C3)cc1. The first-order valence-electron chi connectivity index (χ1n) is 8.64. The maximum Gasteiger partial charge on any atom is 0.276 e. The summed E-state index contributed by atoms with van der Waals surface area (Å²) in [5.74, 6) is -0.274. The van der Waals surface area contributed by atoms with Crippen molar-refractivity contribution in [2.45, 2.75) is 29.8 Å². The molecular formula is C16H18N6O5S. The zero-order chi connectivity index (χ0) is 19.9. The van der Waals surface area contributed by atoms with Gasteiger partial charge in [0.2, 0.25) is 16.4 Å². The molecule has 0 saturated carbocycles. The number of sulfonamides is 1. The van der Waals surface area contributed by atoms with Crippen LogP contribution in [0.3, 0.4) is 0 Å². The minimum absolute atomic E-state index is 0.0729. The van der Waals surface area contributed by atoms with Crippen LogP contribution < -0.4 is 5.06 Å². The average molecular weight is 406 g/mol. The van der Waals surface area contributed by atoms with E-state index >= 15 is 0 Å². The lowest BCUT2D eigenvalue weighted by Gasteiger charge is -2.39. The molecule has 12 heteroatoms. The number of likely N-dealkylation sites (tertiary alicyclic amines) is 1. The van der Waals surface area contributed by atoms with E-state index in [1.165, 1.54) is 34.8 Å². The summed E-state index contributed by atoms with van der Waals surface area (Å²) >= 11 is 0. The van der Waals surface area contributed by atoms with E-state index in [9.17, 15) is 23.2 Å². The number of hydrogen-bond acceptors (Lipinski definition) is 7. The van der Waals surface area contributed by atoms with Gasteiger partial charge in [-0.3, -0.25) is 14.8 Å². The summed E-state index contributed by atoms with van der Waals surface area (Å²) in [5, 5.41) is 19.6. The van der Waals surface area contributed by atoms with Crippen LogP contribution in [0.25, 0.3) is 0 Å². The Kier molecular flexibility index (Phi) is 4.61. The fraction of sp³-hybridized carbons (Fsp3) is 0.375. The van der Waals surface area contributed by atoms with Crippen LogP contribution in [0.15, 0.2) is 35.4 Å². The van der Waals surface area contributed by atoms with Crippen molar-refractivity contribution < 1.29 is 23.2 Å². The largest absolute Gasteiger partial charge is 0.334 e. The summed E-state index contributed by atoms with van der Waals surface area (Å²) in [6.07, 6.45) is 2.90. The van der Waals surface area contributed by atoms with Crippen molar-refractivity contribution in [1.82, 2.24) is 24.6 Å². The van der Waals surface area contributed by atoms with E-state index in [1.807, 2.05) is 0 Å². The molecule has 1 aromatic carbocycles. The number of aromatic amines is 1. The van der Waals surface area contributed by atoms with E-state index in [0.29, 0.717) is 17.9 Å². The number of carbonyl (C=O) groups is 2. The van der Waals surface area contributed by atoms with Gasteiger partial charge in [0.05, 0.1) is 16.8 Å². The van der Waals surface area contributed by atoms with Gasteiger partial charge in [-0.25, -0.2) is 8.42 Å². The van der Waals surface area contributed by atoms with Gasteiger partial charge in [-0.1, -0.05) is 0 Å². The number of amides is 2. The van der Waals surface area contributed by atoms with Crippen molar-refractivity contribution in [3.8, 4) is 0 Å². The fourth-order valence-corrected chi connectivity index (χ4v) is 5.70. The lowest BCUT2D eigenvalue weighted by atomic mass is 10.2. The average Bonchev–Trinajstić information content (AvgIpc) is 3.33. The summed E-state index contributed by atoms with van der Waals surface area (Å²) in [6.45, 7) is 0.574. The van der Waals surface area contributed by atoms with Gasteiger partial charge in [-0.15, -0.1) is 0 Å². The van der Waals surface area contributed by atoms with Gasteiger partial charge in [-0.2, -0.15) is 24.8 Å². The van der Waals surface area contributed by atoms with E-state index < -0.39 is 10.0 Å². The number of hydrogen-bond donors (Lipinski definition) is 2. The molecule has 0 aliphatic carbocycles. The van der Waals surface area contributed by atoms with Gasteiger partial charge in [0.1, 0.15) is 0 Å². The number of H-pyrrole nitrogens is 1. The molecule has 4 rings (SSSR count). The number of piperazine rings is 1. The summed E-state index contributed by atoms with van der Waals surface area (Å²) in [5.41, 5.74) is 0.370. The standard InChI is InChI=1S/C16H18N6O5S/c23-10-21(25)11-3-5-14(6-4-11)28(26,27)22-12-1-2-13(22)9-20(8-12)16(24)15-7-17-19-18-15/h3-7,10,12-13,25H,1-2,8-9H2,(H,17,18,19). The molecule has 2 unspecified atom stereocenters. The molecule has 2 aliphatic rings. The van der Waals surface area contributed by atoms with Crippen LogP contribution in [0.2, 0.25) is 0 Å². The molecule has 2 atom stereocenters. The number of hydroxylamine groups is 1. The number of fused-ring (bicyclic) bond motifs is 2. The van der Waals surface area contributed by atoms with Gasteiger partial charge >= 0.3 is 0 Å². The van der Waals surface area contributed by atoms with Crippen LogP contribution in [0.1, 0.15) is 23.3 Å². The van der Waals surface area contributed by atoms with Crippen molar-refractivity contribution in [3.63, 3.8) is 0 Å². The van der Waals surface area contributed by atoms with Gasteiger partial charge in [0.25, 0.3) is 5.91 Å². The molecule has 2 fully saturated rings. The molecule has 1 aromatic heterocycles. The summed E-state index contributed by atoms with van der Waals surface area (Å²) < 4.78 is 27.8. The van der Waals surface area contributed by atoms with Crippen LogP contribution in [0.5, 0.6) is 0 Å². The predicted octanol–water partition coefficient (Wildman–Crippen LogP) is -0.166. The molecule has 11 nitrogen and oxygen atoms in total. The Hall–Kier alpha value is -2.83. The number of rotatable bonds is 5. The quantitative estimate of drug-likeness (QED) is 0.399. The van der Waals surface area contributed by atoms with Crippen molar-refractivity contribution in [2.24, 2.45) is 0 Å². The molecule has 2 amide bonds. The van der Waals surface area contributed by atoms with Crippen LogP contribution >= 0.6 is 0 Å². The second-order valence-electron chi connectivity index (χ2n) is 6.73. The first-order chi connectivity index (χ1) is 13.4. The normalized spacial score (nSPS) is 22.2. The smallest absolute Gasteiger partial charge is 0.276 e. The third-order valence-corrected chi connectivity index (χ3v) is 7.13. The van der Waals surface area contributed by atoms with E-state index in [0.717, 1.165) is 0 Å². The second-order valence-corrected chi connectivity index (χ2v) is 8.57. The van der Waals surface area contributed by atoms with E-state index in [1.54, 1.807) is 4.90 Å². The Morgan fingerprint density at radius 2 is 1.86 bits per heavy atom. The van der Waals surface area contributed by atoms with Gasteiger partial charge in [0, 0.05) is 25.2 Å². The third-order valence-electron chi connectivity index (χ3n) is 5.11. The minimum Gasteiger partial charge on any atom is -0.334 e. The van der Waals surface area contributed by atoms with Crippen LogP contribution in [0, 0.1) is 0 Å². The van der Waals surface area contributed by atoms with Crippen LogP contribution in [-0.2, 0) is 14.8 Å². The lowest BCUT2D eigenvalue weighted by Crippen LogP contribution is -2.57. The van der Waals surface area contributed by atoms with Gasteiger partial charge in [0.15, 0.2) is 5.69 Å². The molecule has 2 saturated heterocycles.